The van der Waals surface area contributed by atoms with Crippen LogP contribution in [0.4, 0.5) is 0 Å². The molecule has 1 amide bonds. The van der Waals surface area contributed by atoms with Crippen molar-refractivity contribution in [1.29, 1.82) is 0 Å². The van der Waals surface area contributed by atoms with E-state index in [2.05, 4.69) is 49.3 Å². The molecule has 0 atom stereocenters. The van der Waals surface area contributed by atoms with Gasteiger partial charge in [0.1, 0.15) is 0 Å². The molecule has 1 saturated carbocycles. The summed E-state index contributed by atoms with van der Waals surface area (Å²) in [7, 11) is 0. The van der Waals surface area contributed by atoms with Gasteiger partial charge in [0, 0.05) is 28.6 Å². The van der Waals surface area contributed by atoms with Crippen LogP contribution < -0.4 is 5.32 Å². The number of nitrogens with one attached hydrogen (secondary N) is 1. The Hall–Kier alpha value is -1.81. The summed E-state index contributed by atoms with van der Waals surface area (Å²) in [5.41, 5.74) is 3.51. The molecule has 1 aromatic carbocycles. The highest BCUT2D eigenvalue weighted by molar-refractivity contribution is 8.00. The van der Waals surface area contributed by atoms with Crippen LogP contribution in [0.3, 0.4) is 0 Å². The summed E-state index contributed by atoms with van der Waals surface area (Å²) in [6, 6.07) is 12.4. The smallest absolute Gasteiger partial charge is 0.226 e. The van der Waals surface area contributed by atoms with E-state index in [4.69, 9.17) is 0 Å². The second kappa shape index (κ2) is 9.60. The van der Waals surface area contributed by atoms with Crippen molar-refractivity contribution in [2.75, 3.05) is 0 Å². The summed E-state index contributed by atoms with van der Waals surface area (Å²) < 4.78 is 0. The standard InChI is InChI=1S/C24H32N2OS/c1-24(2,3)19-13-12-18(22(15-19)28-21-10-5-4-6-11-21)17-26-23(27)16-20-9-7-8-14-25-20/h7-9,12-15,21H,4-6,10-11,16-17H2,1-3H3,(H,26,27). The zero-order valence-electron chi connectivity index (χ0n) is 17.3. The molecule has 1 aromatic heterocycles. The van der Waals surface area contributed by atoms with Gasteiger partial charge >= 0.3 is 0 Å². The lowest BCUT2D eigenvalue weighted by Gasteiger charge is -2.25. The van der Waals surface area contributed by atoms with E-state index in [0.29, 0.717) is 18.2 Å². The molecule has 1 heterocycles. The topological polar surface area (TPSA) is 42.0 Å². The van der Waals surface area contributed by atoms with Crippen LogP contribution in [0, 0.1) is 0 Å². The summed E-state index contributed by atoms with van der Waals surface area (Å²) in [5.74, 6) is 0.0206. The van der Waals surface area contributed by atoms with Crippen LogP contribution >= 0.6 is 11.8 Å². The molecular weight excluding hydrogens is 364 g/mol. The second-order valence-electron chi connectivity index (χ2n) is 8.72. The van der Waals surface area contributed by atoms with E-state index in [-0.39, 0.29) is 11.3 Å². The number of aromatic nitrogens is 1. The van der Waals surface area contributed by atoms with Gasteiger partial charge in [-0.25, -0.2) is 0 Å². The quantitative estimate of drug-likeness (QED) is 0.685. The molecule has 1 N–H and O–H groups in total. The van der Waals surface area contributed by atoms with Crippen molar-refractivity contribution in [1.82, 2.24) is 10.3 Å². The van der Waals surface area contributed by atoms with Crippen molar-refractivity contribution in [2.45, 2.75) is 81.4 Å². The largest absolute Gasteiger partial charge is 0.352 e. The van der Waals surface area contributed by atoms with E-state index in [9.17, 15) is 4.79 Å². The Bertz CT molecular complexity index is 777. The van der Waals surface area contributed by atoms with Crippen LogP contribution in [-0.2, 0) is 23.2 Å². The van der Waals surface area contributed by atoms with E-state index < -0.39 is 0 Å². The fourth-order valence-corrected chi connectivity index (χ4v) is 4.98. The second-order valence-corrected chi connectivity index (χ2v) is 10.1. The first-order valence-corrected chi connectivity index (χ1v) is 11.3. The van der Waals surface area contributed by atoms with Gasteiger partial charge in [0.2, 0.25) is 5.91 Å². The minimum Gasteiger partial charge on any atom is -0.352 e. The maximum Gasteiger partial charge on any atom is 0.226 e. The summed E-state index contributed by atoms with van der Waals surface area (Å²) >= 11 is 2.01. The van der Waals surface area contributed by atoms with Crippen molar-refractivity contribution in [3.05, 3.63) is 59.4 Å². The van der Waals surface area contributed by atoms with Gasteiger partial charge in [0.05, 0.1) is 6.42 Å². The molecule has 0 radical (unpaired) electrons. The predicted molar refractivity (Wildman–Crippen MR) is 118 cm³/mol. The number of amides is 1. The summed E-state index contributed by atoms with van der Waals surface area (Å²) in [4.78, 5) is 17.9. The van der Waals surface area contributed by atoms with Gasteiger partial charge < -0.3 is 5.32 Å². The molecule has 0 unspecified atom stereocenters. The Morgan fingerprint density at radius 2 is 1.93 bits per heavy atom. The number of hydrogen-bond donors (Lipinski definition) is 1. The summed E-state index contributed by atoms with van der Waals surface area (Å²) in [6.07, 6.45) is 8.71. The first-order valence-electron chi connectivity index (χ1n) is 10.4. The average Bonchev–Trinajstić information content (AvgIpc) is 2.68. The maximum absolute atomic E-state index is 12.4. The number of carbonyl (C=O) groups excluding carboxylic acids is 1. The van der Waals surface area contributed by atoms with Gasteiger partial charge in [-0.3, -0.25) is 9.78 Å². The third kappa shape index (κ3) is 6.10. The monoisotopic (exact) mass is 396 g/mol. The van der Waals surface area contributed by atoms with Gasteiger partial charge in [0.25, 0.3) is 0 Å². The van der Waals surface area contributed by atoms with Crippen molar-refractivity contribution in [3.8, 4) is 0 Å². The lowest BCUT2D eigenvalue weighted by Crippen LogP contribution is -2.25. The average molecular weight is 397 g/mol. The minimum absolute atomic E-state index is 0.0206. The van der Waals surface area contributed by atoms with E-state index in [0.717, 1.165) is 5.69 Å². The highest BCUT2D eigenvalue weighted by Gasteiger charge is 2.20. The fraction of sp³-hybridized carbons (Fsp3) is 0.500. The number of nitrogens with zero attached hydrogens (tertiary/aromatic N) is 1. The van der Waals surface area contributed by atoms with Crippen molar-refractivity contribution < 1.29 is 4.79 Å². The maximum atomic E-state index is 12.4. The number of pyridine rings is 1. The van der Waals surface area contributed by atoms with Crippen LogP contribution in [0.2, 0.25) is 0 Å². The number of benzene rings is 1. The summed E-state index contributed by atoms with van der Waals surface area (Å²) in [6.45, 7) is 7.34. The van der Waals surface area contributed by atoms with E-state index in [1.54, 1.807) is 6.20 Å². The Morgan fingerprint density at radius 3 is 2.61 bits per heavy atom. The minimum atomic E-state index is 0.0206. The predicted octanol–water partition coefficient (Wildman–Crippen LogP) is 5.66. The third-order valence-electron chi connectivity index (χ3n) is 5.32. The van der Waals surface area contributed by atoms with Crippen LogP contribution in [0.25, 0.3) is 0 Å². The highest BCUT2D eigenvalue weighted by Crippen LogP contribution is 2.37. The SMILES string of the molecule is CC(C)(C)c1ccc(CNC(=O)Cc2ccccn2)c(SC2CCCCC2)c1. The molecule has 4 heteroatoms. The molecule has 1 fully saturated rings. The van der Waals surface area contributed by atoms with Crippen molar-refractivity contribution in [3.63, 3.8) is 0 Å². The number of rotatable bonds is 6. The Morgan fingerprint density at radius 1 is 1.14 bits per heavy atom. The van der Waals surface area contributed by atoms with Gasteiger partial charge in [0.15, 0.2) is 0 Å². The normalized spacial score (nSPS) is 15.4. The van der Waals surface area contributed by atoms with E-state index in [1.165, 1.54) is 48.1 Å². The molecule has 1 aliphatic carbocycles. The van der Waals surface area contributed by atoms with Crippen LogP contribution in [0.5, 0.6) is 0 Å². The lowest BCUT2D eigenvalue weighted by molar-refractivity contribution is -0.120. The molecule has 150 valence electrons. The van der Waals surface area contributed by atoms with Gasteiger partial charge in [-0.05, 0) is 47.6 Å². The fourth-order valence-electron chi connectivity index (χ4n) is 3.56. The molecule has 0 aliphatic heterocycles. The molecule has 1 aliphatic rings. The lowest BCUT2D eigenvalue weighted by atomic mass is 9.86. The Labute approximate surface area is 173 Å². The van der Waals surface area contributed by atoms with E-state index >= 15 is 0 Å². The van der Waals surface area contributed by atoms with Gasteiger partial charge in [-0.2, -0.15) is 0 Å². The van der Waals surface area contributed by atoms with Crippen molar-refractivity contribution in [2.24, 2.45) is 0 Å². The van der Waals surface area contributed by atoms with Crippen LogP contribution in [-0.4, -0.2) is 16.1 Å². The third-order valence-corrected chi connectivity index (χ3v) is 6.76. The molecule has 0 saturated heterocycles. The molecule has 0 spiro atoms. The first-order chi connectivity index (χ1) is 13.4. The van der Waals surface area contributed by atoms with Gasteiger partial charge in [-0.1, -0.05) is 58.2 Å². The molecule has 3 rings (SSSR count). The number of thioether (sulfide) groups is 1. The van der Waals surface area contributed by atoms with Gasteiger partial charge in [-0.15, -0.1) is 11.8 Å². The zero-order chi connectivity index (χ0) is 20.0. The molecule has 28 heavy (non-hydrogen) atoms. The molecule has 3 nitrogen and oxygen atoms in total. The van der Waals surface area contributed by atoms with Crippen LogP contribution in [0.15, 0.2) is 47.5 Å². The molecule has 2 aromatic rings. The van der Waals surface area contributed by atoms with E-state index in [1.807, 2.05) is 30.0 Å². The number of carbonyl (C=O) groups is 1. The molecular formula is C24H32N2OS. The van der Waals surface area contributed by atoms with Crippen molar-refractivity contribution >= 4 is 17.7 Å². The Balaban J connectivity index is 1.70. The highest BCUT2D eigenvalue weighted by atomic mass is 32.2. The van der Waals surface area contributed by atoms with Crippen LogP contribution in [0.1, 0.15) is 69.7 Å². The summed E-state index contributed by atoms with van der Waals surface area (Å²) in [5, 5.41) is 3.79. The number of hydrogen-bond acceptors (Lipinski definition) is 3. The molecule has 0 bridgehead atoms. The Kier molecular flexibility index (Phi) is 7.17. The first kappa shape index (κ1) is 20.9. The zero-order valence-corrected chi connectivity index (χ0v) is 18.1.